The number of benzene rings is 2. The van der Waals surface area contributed by atoms with Gasteiger partial charge in [0, 0.05) is 18.2 Å². The van der Waals surface area contributed by atoms with Gasteiger partial charge in [-0.15, -0.1) is 0 Å². The Balaban J connectivity index is 2.37. The van der Waals surface area contributed by atoms with Crippen LogP contribution in [0, 0.1) is 11.3 Å². The third-order valence-corrected chi connectivity index (χ3v) is 3.39. The number of fused-ring (bicyclic) bond motifs is 1. The summed E-state index contributed by atoms with van der Waals surface area (Å²) in [6, 6.07) is 13.8. The normalized spacial score (nSPS) is 10.4. The van der Waals surface area contributed by atoms with E-state index >= 15 is 0 Å². The molecule has 0 bridgehead atoms. The van der Waals surface area contributed by atoms with Gasteiger partial charge in [0.1, 0.15) is 11.8 Å². The molecule has 0 fully saturated rings. The number of aromatic nitrogens is 2. The lowest BCUT2D eigenvalue weighted by molar-refractivity contribution is 0.416. The van der Waals surface area contributed by atoms with E-state index < -0.39 is 0 Å². The second-order valence-corrected chi connectivity index (χ2v) is 4.52. The molecule has 1 heterocycles. The molecule has 0 radical (unpaired) electrons. The number of ether oxygens (including phenoxy) is 1. The lowest BCUT2D eigenvalue weighted by Crippen LogP contribution is -1.94. The molecule has 3 aromatic rings. The van der Waals surface area contributed by atoms with E-state index in [2.05, 4.69) is 11.1 Å². The van der Waals surface area contributed by atoms with Crippen LogP contribution in [-0.4, -0.2) is 16.7 Å². The minimum Gasteiger partial charge on any atom is -0.496 e. The maximum Gasteiger partial charge on any atom is 0.126 e. The molecular weight excluding hydrogens is 250 g/mol. The second kappa shape index (κ2) is 4.71. The Morgan fingerprint density at radius 1 is 1.15 bits per heavy atom. The van der Waals surface area contributed by atoms with Gasteiger partial charge in [0.2, 0.25) is 0 Å². The summed E-state index contributed by atoms with van der Waals surface area (Å²) in [5.74, 6) is 0.755. The van der Waals surface area contributed by atoms with E-state index in [9.17, 15) is 5.26 Å². The van der Waals surface area contributed by atoms with Crippen LogP contribution in [-0.2, 0) is 7.05 Å². The molecular formula is C16H13N3O. The largest absolute Gasteiger partial charge is 0.496 e. The van der Waals surface area contributed by atoms with E-state index in [4.69, 9.17) is 4.74 Å². The van der Waals surface area contributed by atoms with Gasteiger partial charge < -0.3 is 9.30 Å². The van der Waals surface area contributed by atoms with Gasteiger partial charge in [-0.3, -0.25) is 0 Å². The summed E-state index contributed by atoms with van der Waals surface area (Å²) in [5.41, 5.74) is 4.06. The lowest BCUT2D eigenvalue weighted by atomic mass is 9.98. The zero-order valence-electron chi connectivity index (χ0n) is 11.3. The van der Waals surface area contributed by atoms with Crippen LogP contribution in [0.25, 0.3) is 22.2 Å². The maximum atomic E-state index is 9.55. The van der Waals surface area contributed by atoms with Crippen molar-refractivity contribution in [3.8, 4) is 22.9 Å². The molecule has 0 atom stereocenters. The van der Waals surface area contributed by atoms with E-state index in [1.807, 2.05) is 48.0 Å². The van der Waals surface area contributed by atoms with Crippen molar-refractivity contribution in [1.29, 1.82) is 5.26 Å². The number of hydrogen-bond donors (Lipinski definition) is 0. The first-order chi connectivity index (χ1) is 9.76. The first-order valence-electron chi connectivity index (χ1n) is 6.23. The van der Waals surface area contributed by atoms with E-state index in [0.717, 1.165) is 27.9 Å². The first-order valence-corrected chi connectivity index (χ1v) is 6.23. The minimum absolute atomic E-state index is 0.618. The quantitative estimate of drug-likeness (QED) is 0.713. The third-order valence-electron chi connectivity index (χ3n) is 3.39. The van der Waals surface area contributed by atoms with Crippen LogP contribution in [0.1, 0.15) is 5.56 Å². The summed E-state index contributed by atoms with van der Waals surface area (Å²) >= 11 is 0. The first kappa shape index (κ1) is 12.2. The summed E-state index contributed by atoms with van der Waals surface area (Å²) in [4.78, 5) is 4.28. The highest BCUT2D eigenvalue weighted by Gasteiger charge is 2.15. The smallest absolute Gasteiger partial charge is 0.126 e. The van der Waals surface area contributed by atoms with Crippen molar-refractivity contribution in [2.75, 3.05) is 7.11 Å². The van der Waals surface area contributed by atoms with Crippen LogP contribution in [0.2, 0.25) is 0 Å². The van der Waals surface area contributed by atoms with E-state index in [1.165, 1.54) is 0 Å². The number of rotatable bonds is 2. The van der Waals surface area contributed by atoms with Crippen LogP contribution in [0.4, 0.5) is 0 Å². The molecule has 0 saturated heterocycles. The van der Waals surface area contributed by atoms with Crippen LogP contribution in [0.5, 0.6) is 5.75 Å². The molecule has 20 heavy (non-hydrogen) atoms. The predicted octanol–water partition coefficient (Wildman–Crippen LogP) is 3.12. The highest BCUT2D eigenvalue weighted by atomic mass is 16.5. The Bertz CT molecular complexity index is 827. The van der Waals surface area contributed by atoms with Gasteiger partial charge in [-0.2, -0.15) is 5.26 Å². The monoisotopic (exact) mass is 263 g/mol. The van der Waals surface area contributed by atoms with Crippen LogP contribution < -0.4 is 4.74 Å². The zero-order valence-corrected chi connectivity index (χ0v) is 11.3. The van der Waals surface area contributed by atoms with Crippen molar-refractivity contribution in [1.82, 2.24) is 9.55 Å². The predicted molar refractivity (Wildman–Crippen MR) is 77.4 cm³/mol. The molecule has 1 aromatic heterocycles. The minimum atomic E-state index is 0.618. The Morgan fingerprint density at radius 2 is 1.95 bits per heavy atom. The van der Waals surface area contributed by atoms with Crippen molar-refractivity contribution >= 4 is 11.0 Å². The Hall–Kier alpha value is -2.80. The Morgan fingerprint density at radius 3 is 2.70 bits per heavy atom. The number of methoxy groups -OCH3 is 1. The molecule has 4 heteroatoms. The average molecular weight is 263 g/mol. The molecule has 0 aliphatic heterocycles. The van der Waals surface area contributed by atoms with Gasteiger partial charge in [0.05, 0.1) is 30.0 Å². The summed E-state index contributed by atoms with van der Waals surface area (Å²) in [7, 11) is 3.52. The highest BCUT2D eigenvalue weighted by molar-refractivity contribution is 5.91. The Labute approximate surface area is 116 Å². The van der Waals surface area contributed by atoms with Gasteiger partial charge in [-0.25, -0.2) is 4.98 Å². The molecule has 98 valence electrons. The standard InChI is InChI=1S/C16H13N3O/c1-19-10-18-14-8-7-11(13(9-17)16(14)19)12-5-3-4-6-15(12)20-2/h3-8,10H,1-2H3. The molecule has 0 unspecified atom stereocenters. The number of hydrogen-bond acceptors (Lipinski definition) is 3. The fraction of sp³-hybridized carbons (Fsp3) is 0.125. The van der Waals surface area contributed by atoms with E-state index in [1.54, 1.807) is 13.4 Å². The number of aryl methyl sites for hydroxylation is 1. The summed E-state index contributed by atoms with van der Waals surface area (Å²) in [5, 5.41) is 9.55. The highest BCUT2D eigenvalue weighted by Crippen LogP contribution is 2.34. The molecule has 3 rings (SSSR count). The molecule has 0 aliphatic rings. The average Bonchev–Trinajstić information content (AvgIpc) is 2.88. The van der Waals surface area contributed by atoms with Gasteiger partial charge in [0.25, 0.3) is 0 Å². The van der Waals surface area contributed by atoms with Crippen LogP contribution in [0.3, 0.4) is 0 Å². The van der Waals surface area contributed by atoms with Gasteiger partial charge in [0.15, 0.2) is 0 Å². The zero-order chi connectivity index (χ0) is 14.1. The van der Waals surface area contributed by atoms with Gasteiger partial charge in [-0.05, 0) is 12.1 Å². The SMILES string of the molecule is COc1ccccc1-c1ccc2ncn(C)c2c1C#N. The summed E-state index contributed by atoms with van der Waals surface area (Å²) in [6.45, 7) is 0. The maximum absolute atomic E-state index is 9.55. The molecule has 2 aromatic carbocycles. The molecule has 0 aliphatic carbocycles. The summed E-state index contributed by atoms with van der Waals surface area (Å²) in [6.07, 6.45) is 1.72. The number of para-hydroxylation sites is 1. The number of nitriles is 1. The van der Waals surface area contributed by atoms with Crippen LogP contribution >= 0.6 is 0 Å². The van der Waals surface area contributed by atoms with Crippen molar-refractivity contribution in [2.24, 2.45) is 7.05 Å². The van der Waals surface area contributed by atoms with E-state index in [0.29, 0.717) is 5.56 Å². The fourth-order valence-corrected chi connectivity index (χ4v) is 2.45. The number of imidazole rings is 1. The fourth-order valence-electron chi connectivity index (χ4n) is 2.45. The number of nitrogens with zero attached hydrogens (tertiary/aromatic N) is 3. The molecule has 4 nitrogen and oxygen atoms in total. The van der Waals surface area contributed by atoms with Gasteiger partial charge in [-0.1, -0.05) is 24.3 Å². The van der Waals surface area contributed by atoms with Gasteiger partial charge >= 0.3 is 0 Å². The lowest BCUT2D eigenvalue weighted by Gasteiger charge is -2.10. The van der Waals surface area contributed by atoms with Crippen LogP contribution in [0.15, 0.2) is 42.7 Å². The topological polar surface area (TPSA) is 50.8 Å². The summed E-state index contributed by atoms with van der Waals surface area (Å²) < 4.78 is 7.26. The van der Waals surface area contributed by atoms with Crippen molar-refractivity contribution in [3.05, 3.63) is 48.3 Å². The van der Waals surface area contributed by atoms with Crippen molar-refractivity contribution < 1.29 is 4.74 Å². The second-order valence-electron chi connectivity index (χ2n) is 4.52. The molecule has 0 spiro atoms. The third kappa shape index (κ3) is 1.72. The van der Waals surface area contributed by atoms with Crippen molar-refractivity contribution in [3.63, 3.8) is 0 Å². The Kier molecular flexibility index (Phi) is 2.88. The van der Waals surface area contributed by atoms with Crippen molar-refractivity contribution in [2.45, 2.75) is 0 Å². The molecule has 0 N–H and O–H groups in total. The van der Waals surface area contributed by atoms with E-state index in [-0.39, 0.29) is 0 Å². The molecule has 0 amide bonds. The molecule has 0 saturated carbocycles.